The lowest BCUT2D eigenvalue weighted by Crippen LogP contribution is -2.25. The van der Waals surface area contributed by atoms with Crippen LogP contribution >= 0.6 is 23.6 Å². The van der Waals surface area contributed by atoms with Crippen LogP contribution < -0.4 is 5.56 Å². The molecule has 1 N–H and O–H groups in total. The molecule has 0 aliphatic heterocycles. The summed E-state index contributed by atoms with van der Waals surface area (Å²) in [6.45, 7) is 10.6. The Bertz CT molecular complexity index is 752. The van der Waals surface area contributed by atoms with E-state index in [1.54, 1.807) is 15.9 Å². The second-order valence-corrected chi connectivity index (χ2v) is 7.88. The Morgan fingerprint density at radius 3 is 2.52 bits per heavy atom. The van der Waals surface area contributed by atoms with Gasteiger partial charge in [-0.1, -0.05) is 26.7 Å². The fourth-order valence-electron chi connectivity index (χ4n) is 2.69. The number of H-pyrrole nitrogens is 1. The second kappa shape index (κ2) is 6.44. The van der Waals surface area contributed by atoms with Gasteiger partial charge in [0.1, 0.15) is 4.83 Å². The molecule has 0 aliphatic rings. The third-order valence-electron chi connectivity index (χ3n) is 4.10. The molecule has 3 nitrogen and oxygen atoms in total. The highest BCUT2D eigenvalue weighted by atomic mass is 32.1. The van der Waals surface area contributed by atoms with Crippen molar-refractivity contribution in [2.45, 2.75) is 59.9 Å². The normalized spacial score (nSPS) is 13.2. The first-order valence-corrected chi connectivity index (χ1v) is 8.80. The minimum atomic E-state index is 0.0626. The van der Waals surface area contributed by atoms with Crippen molar-refractivity contribution < 1.29 is 0 Å². The molecule has 0 amide bonds. The number of nitrogens with zero attached hydrogens (tertiary/aromatic N) is 1. The van der Waals surface area contributed by atoms with Gasteiger partial charge in [-0.3, -0.25) is 9.36 Å². The Morgan fingerprint density at radius 1 is 1.24 bits per heavy atom. The van der Waals surface area contributed by atoms with E-state index in [1.807, 2.05) is 13.8 Å². The third kappa shape index (κ3) is 3.29. The summed E-state index contributed by atoms with van der Waals surface area (Å²) in [6.07, 6.45) is 3.30. The van der Waals surface area contributed by atoms with Gasteiger partial charge in [0.2, 0.25) is 0 Å². The molecular weight excluding hydrogens is 300 g/mol. The fourth-order valence-corrected chi connectivity index (χ4v) is 4.17. The highest BCUT2D eigenvalue weighted by molar-refractivity contribution is 7.71. The van der Waals surface area contributed by atoms with Gasteiger partial charge in [-0.05, 0) is 50.9 Å². The Hall–Kier alpha value is -0.940. The van der Waals surface area contributed by atoms with Gasteiger partial charge < -0.3 is 4.98 Å². The number of thiophene rings is 1. The van der Waals surface area contributed by atoms with E-state index in [4.69, 9.17) is 12.2 Å². The van der Waals surface area contributed by atoms with Crippen molar-refractivity contribution in [1.82, 2.24) is 9.55 Å². The van der Waals surface area contributed by atoms with Crippen molar-refractivity contribution in [2.75, 3.05) is 0 Å². The molecule has 0 fully saturated rings. The van der Waals surface area contributed by atoms with E-state index in [9.17, 15) is 4.79 Å². The molecule has 5 heteroatoms. The second-order valence-electron chi connectivity index (χ2n) is 6.27. The first-order chi connectivity index (χ1) is 9.82. The molecule has 21 heavy (non-hydrogen) atoms. The van der Waals surface area contributed by atoms with Crippen LogP contribution in [0.1, 0.15) is 56.5 Å². The minimum absolute atomic E-state index is 0.0626. The Kier molecular flexibility index (Phi) is 5.04. The number of aromatic amines is 1. The quantitative estimate of drug-likeness (QED) is 0.775. The summed E-state index contributed by atoms with van der Waals surface area (Å²) >= 11 is 7.03. The van der Waals surface area contributed by atoms with Gasteiger partial charge in [0.05, 0.1) is 5.39 Å². The molecule has 0 bridgehead atoms. The summed E-state index contributed by atoms with van der Waals surface area (Å²) in [5.74, 6) is 0.702. The molecule has 1 unspecified atom stereocenters. The molecule has 0 aliphatic carbocycles. The zero-order valence-electron chi connectivity index (χ0n) is 13.4. The predicted molar refractivity (Wildman–Crippen MR) is 94.1 cm³/mol. The van der Waals surface area contributed by atoms with Crippen LogP contribution in [0.25, 0.3) is 10.2 Å². The molecule has 116 valence electrons. The van der Waals surface area contributed by atoms with Crippen LogP contribution in [0.15, 0.2) is 4.79 Å². The van der Waals surface area contributed by atoms with Crippen molar-refractivity contribution in [3.8, 4) is 0 Å². The van der Waals surface area contributed by atoms with Crippen molar-refractivity contribution in [2.24, 2.45) is 5.92 Å². The maximum absolute atomic E-state index is 12.8. The Labute approximate surface area is 135 Å². The summed E-state index contributed by atoms with van der Waals surface area (Å²) in [6, 6.07) is 0.143. The highest BCUT2D eigenvalue weighted by Gasteiger charge is 2.16. The number of hydrogen-bond donors (Lipinski definition) is 1. The maximum Gasteiger partial charge on any atom is 0.263 e. The summed E-state index contributed by atoms with van der Waals surface area (Å²) in [5, 5.41) is 0.807. The lowest BCUT2D eigenvalue weighted by molar-refractivity contribution is 0.434. The molecule has 0 saturated heterocycles. The number of fused-ring (bicyclic) bond motifs is 1. The standard InChI is InChI=1S/C16H24N2OS2/c1-9(2)7-6-8-10(3)18-15(19)13-11(4)12(5)21-14(13)17-16(18)20/h9-10H,6-8H2,1-5H3,(H,17,20). The van der Waals surface area contributed by atoms with E-state index in [-0.39, 0.29) is 11.6 Å². The van der Waals surface area contributed by atoms with Gasteiger partial charge in [0, 0.05) is 10.9 Å². The molecule has 0 radical (unpaired) electrons. The van der Waals surface area contributed by atoms with Gasteiger partial charge in [-0.2, -0.15) is 0 Å². The molecule has 0 spiro atoms. The predicted octanol–water partition coefficient (Wildman–Crippen LogP) is 5.12. The van der Waals surface area contributed by atoms with Crippen molar-refractivity contribution in [3.05, 3.63) is 25.6 Å². The molecule has 2 aromatic rings. The Balaban J connectivity index is 2.42. The van der Waals surface area contributed by atoms with Crippen LogP contribution in [0.5, 0.6) is 0 Å². The molecule has 2 aromatic heterocycles. The molecule has 0 saturated carbocycles. The van der Waals surface area contributed by atoms with Crippen LogP contribution in [-0.4, -0.2) is 9.55 Å². The van der Waals surface area contributed by atoms with E-state index >= 15 is 0 Å². The van der Waals surface area contributed by atoms with E-state index in [2.05, 4.69) is 25.8 Å². The molecule has 2 rings (SSSR count). The van der Waals surface area contributed by atoms with Gasteiger partial charge in [0.25, 0.3) is 5.56 Å². The van der Waals surface area contributed by atoms with Crippen LogP contribution in [0.4, 0.5) is 0 Å². The zero-order valence-corrected chi connectivity index (χ0v) is 15.1. The van der Waals surface area contributed by atoms with Gasteiger partial charge in [-0.15, -0.1) is 11.3 Å². The number of hydrogen-bond acceptors (Lipinski definition) is 3. The smallest absolute Gasteiger partial charge is 0.263 e. The molecule has 0 aromatic carbocycles. The molecular formula is C16H24N2OS2. The lowest BCUT2D eigenvalue weighted by atomic mass is 10.0. The van der Waals surface area contributed by atoms with Crippen molar-refractivity contribution >= 4 is 33.8 Å². The number of aromatic nitrogens is 2. The monoisotopic (exact) mass is 324 g/mol. The summed E-state index contributed by atoms with van der Waals surface area (Å²) < 4.78 is 2.31. The number of aryl methyl sites for hydroxylation is 2. The van der Waals surface area contributed by atoms with Crippen LogP contribution in [0.2, 0.25) is 0 Å². The van der Waals surface area contributed by atoms with Crippen LogP contribution in [0, 0.1) is 24.5 Å². The lowest BCUT2D eigenvalue weighted by Gasteiger charge is -2.16. The summed E-state index contributed by atoms with van der Waals surface area (Å²) in [4.78, 5) is 18.1. The topological polar surface area (TPSA) is 37.8 Å². The molecule has 1 atom stereocenters. The van der Waals surface area contributed by atoms with Crippen molar-refractivity contribution in [1.29, 1.82) is 0 Å². The van der Waals surface area contributed by atoms with E-state index in [0.29, 0.717) is 10.7 Å². The zero-order chi connectivity index (χ0) is 15.7. The van der Waals surface area contributed by atoms with E-state index in [0.717, 1.165) is 28.6 Å². The Morgan fingerprint density at radius 2 is 1.90 bits per heavy atom. The summed E-state index contributed by atoms with van der Waals surface area (Å²) in [5.41, 5.74) is 1.14. The molecule has 2 heterocycles. The average molecular weight is 325 g/mol. The number of nitrogens with one attached hydrogen (secondary N) is 1. The third-order valence-corrected chi connectivity index (χ3v) is 5.52. The van der Waals surface area contributed by atoms with Crippen LogP contribution in [0.3, 0.4) is 0 Å². The van der Waals surface area contributed by atoms with Crippen molar-refractivity contribution in [3.63, 3.8) is 0 Å². The maximum atomic E-state index is 12.8. The summed E-state index contributed by atoms with van der Waals surface area (Å²) in [7, 11) is 0. The SMILES string of the molecule is Cc1sc2[nH]c(=S)n(C(C)CCCC(C)C)c(=O)c2c1C. The average Bonchev–Trinajstić information content (AvgIpc) is 2.64. The van der Waals surface area contributed by atoms with E-state index in [1.165, 1.54) is 11.3 Å². The van der Waals surface area contributed by atoms with Gasteiger partial charge >= 0.3 is 0 Å². The largest absolute Gasteiger partial charge is 0.323 e. The highest BCUT2D eigenvalue weighted by Crippen LogP contribution is 2.26. The van der Waals surface area contributed by atoms with Gasteiger partial charge in [0.15, 0.2) is 4.77 Å². The first kappa shape index (κ1) is 16.4. The van der Waals surface area contributed by atoms with Gasteiger partial charge in [-0.25, -0.2) is 0 Å². The van der Waals surface area contributed by atoms with E-state index < -0.39 is 0 Å². The minimum Gasteiger partial charge on any atom is -0.323 e. The number of rotatable bonds is 5. The fraction of sp³-hybridized carbons (Fsp3) is 0.625. The first-order valence-electron chi connectivity index (χ1n) is 7.57. The van der Waals surface area contributed by atoms with Crippen LogP contribution in [-0.2, 0) is 0 Å².